The topological polar surface area (TPSA) is 27.1 Å². The Balaban J connectivity index is 0.00000210. The Morgan fingerprint density at radius 2 is 2.04 bits per heavy atom. The van der Waals surface area contributed by atoms with Gasteiger partial charge in [-0.15, -0.1) is 12.4 Å². The molecule has 2 aliphatic rings. The minimum Gasteiger partial charge on any atom is -0.473 e. The highest BCUT2D eigenvalue weighted by atomic mass is 35.5. The van der Waals surface area contributed by atoms with Crippen molar-refractivity contribution in [2.24, 2.45) is 17.8 Å². The van der Waals surface area contributed by atoms with Gasteiger partial charge in [-0.25, -0.2) is 13.5 Å². The van der Waals surface area contributed by atoms with Crippen LogP contribution in [0.4, 0.5) is 8.78 Å². The smallest absolute Gasteiger partial charge is 0.212 e. The second kappa shape index (κ2) is 8.59. The molecule has 3 atom stereocenters. The van der Waals surface area contributed by atoms with Gasteiger partial charge < -0.3 is 4.74 Å². The van der Waals surface area contributed by atoms with Crippen molar-refractivity contribution in [2.75, 3.05) is 0 Å². The van der Waals surface area contributed by atoms with Crippen LogP contribution < -0.4 is 4.74 Å². The van der Waals surface area contributed by atoms with Crippen molar-refractivity contribution >= 4 is 12.4 Å². The van der Waals surface area contributed by atoms with Crippen LogP contribution in [0.15, 0.2) is 24.3 Å². The molecule has 3 unspecified atom stereocenters. The molecule has 6 heteroatoms. The highest BCUT2D eigenvalue weighted by Gasteiger charge is 2.39. The van der Waals surface area contributed by atoms with Gasteiger partial charge in [-0.2, -0.15) is 5.10 Å². The quantitative estimate of drug-likeness (QED) is 0.613. The molecule has 2 aromatic rings. The summed E-state index contributed by atoms with van der Waals surface area (Å²) >= 11 is 0. The summed E-state index contributed by atoms with van der Waals surface area (Å²) in [6, 6.07) is 5.41. The van der Waals surface area contributed by atoms with E-state index in [0.717, 1.165) is 49.0 Å². The molecule has 0 saturated heterocycles. The second-order valence-electron chi connectivity index (χ2n) is 7.87. The molecule has 0 N–H and O–H groups in total. The van der Waals surface area contributed by atoms with Crippen LogP contribution in [0.5, 0.6) is 5.88 Å². The molecule has 2 saturated carbocycles. The average Bonchev–Trinajstić information content (AvgIpc) is 3.32. The standard InChI is InChI=1S/C21H26F2N2O.ClH/c1-2-3-19-11-21(26-13-17-10-18(22)6-7-20(17)23)25(24-19)12-16-9-14-4-5-15(16)8-14;/h6-7,10-11,14-16H,2-5,8-9,12-13H2,1H3;1H. The number of aromatic nitrogens is 2. The molecule has 27 heavy (non-hydrogen) atoms. The maximum absolute atomic E-state index is 13.9. The van der Waals surface area contributed by atoms with Crippen LogP contribution in [0.25, 0.3) is 0 Å². The van der Waals surface area contributed by atoms with Crippen LogP contribution in [0.2, 0.25) is 0 Å². The Morgan fingerprint density at radius 3 is 2.74 bits per heavy atom. The highest BCUT2D eigenvalue weighted by molar-refractivity contribution is 5.85. The van der Waals surface area contributed by atoms with Crippen LogP contribution in [-0.4, -0.2) is 9.78 Å². The van der Waals surface area contributed by atoms with E-state index in [1.54, 1.807) is 0 Å². The number of hydrogen-bond donors (Lipinski definition) is 0. The fourth-order valence-electron chi connectivity index (χ4n) is 4.70. The predicted molar refractivity (Wildman–Crippen MR) is 103 cm³/mol. The first-order valence-corrected chi connectivity index (χ1v) is 9.75. The predicted octanol–water partition coefficient (Wildman–Crippen LogP) is 5.55. The lowest BCUT2D eigenvalue weighted by Gasteiger charge is -2.22. The monoisotopic (exact) mass is 396 g/mol. The third kappa shape index (κ3) is 4.45. The molecule has 0 amide bonds. The minimum absolute atomic E-state index is 0. The Bertz CT molecular complexity index is 780. The van der Waals surface area contributed by atoms with E-state index in [1.807, 2.05) is 10.7 Å². The van der Waals surface area contributed by atoms with Gasteiger partial charge in [0.2, 0.25) is 5.88 Å². The lowest BCUT2D eigenvalue weighted by Crippen LogP contribution is -2.19. The zero-order valence-corrected chi connectivity index (χ0v) is 16.5. The fraction of sp³-hybridized carbons (Fsp3) is 0.571. The van der Waals surface area contributed by atoms with E-state index in [0.29, 0.717) is 11.8 Å². The number of halogens is 3. The summed E-state index contributed by atoms with van der Waals surface area (Å²) < 4.78 is 35.1. The fourth-order valence-corrected chi connectivity index (χ4v) is 4.70. The first kappa shape index (κ1) is 20.1. The molecule has 0 aliphatic heterocycles. The molecule has 4 rings (SSSR count). The molecular weight excluding hydrogens is 370 g/mol. The van der Waals surface area contributed by atoms with E-state index in [1.165, 1.54) is 31.7 Å². The van der Waals surface area contributed by atoms with Crippen molar-refractivity contribution in [2.45, 2.75) is 58.6 Å². The molecule has 1 aromatic heterocycles. The number of aryl methyl sites for hydroxylation is 1. The molecule has 1 heterocycles. The first-order chi connectivity index (χ1) is 12.6. The maximum atomic E-state index is 13.9. The van der Waals surface area contributed by atoms with Gasteiger partial charge in [-0.1, -0.05) is 19.8 Å². The molecular formula is C21H27ClF2N2O. The lowest BCUT2D eigenvalue weighted by molar-refractivity contribution is 0.234. The van der Waals surface area contributed by atoms with Crippen molar-refractivity contribution in [3.05, 3.63) is 47.2 Å². The zero-order valence-electron chi connectivity index (χ0n) is 15.7. The van der Waals surface area contributed by atoms with Gasteiger partial charge >= 0.3 is 0 Å². The van der Waals surface area contributed by atoms with E-state index in [2.05, 4.69) is 6.92 Å². The Hall–Kier alpha value is -1.62. The SMILES string of the molecule is CCCc1cc(OCc2cc(F)ccc2F)n(CC2CC3CCC2C3)n1.Cl. The van der Waals surface area contributed by atoms with Crippen molar-refractivity contribution < 1.29 is 13.5 Å². The maximum Gasteiger partial charge on any atom is 0.212 e. The Kier molecular flexibility index (Phi) is 6.40. The summed E-state index contributed by atoms with van der Waals surface area (Å²) in [6.07, 6.45) is 7.27. The van der Waals surface area contributed by atoms with Gasteiger partial charge in [-0.3, -0.25) is 0 Å². The number of ether oxygens (including phenoxy) is 1. The summed E-state index contributed by atoms with van der Waals surface area (Å²) in [5.41, 5.74) is 1.24. The summed E-state index contributed by atoms with van der Waals surface area (Å²) in [7, 11) is 0. The van der Waals surface area contributed by atoms with Gasteiger partial charge in [0.1, 0.15) is 18.2 Å². The summed E-state index contributed by atoms with van der Waals surface area (Å²) in [6.45, 7) is 3.00. The Labute approximate surface area is 165 Å². The van der Waals surface area contributed by atoms with E-state index in [9.17, 15) is 8.78 Å². The highest BCUT2D eigenvalue weighted by Crippen LogP contribution is 2.49. The third-order valence-electron chi connectivity index (χ3n) is 5.98. The van der Waals surface area contributed by atoms with Crippen LogP contribution in [0.1, 0.15) is 50.3 Å². The van der Waals surface area contributed by atoms with Crippen LogP contribution in [-0.2, 0) is 19.6 Å². The van der Waals surface area contributed by atoms with Crippen molar-refractivity contribution in [1.29, 1.82) is 0 Å². The van der Waals surface area contributed by atoms with Gasteiger partial charge in [0.25, 0.3) is 0 Å². The minimum atomic E-state index is -0.452. The van der Waals surface area contributed by atoms with Gasteiger partial charge in [0, 0.05) is 18.2 Å². The largest absolute Gasteiger partial charge is 0.473 e. The number of hydrogen-bond acceptors (Lipinski definition) is 2. The van der Waals surface area contributed by atoms with E-state index < -0.39 is 11.6 Å². The molecule has 2 aliphatic carbocycles. The van der Waals surface area contributed by atoms with Gasteiger partial charge in [0.05, 0.1) is 5.69 Å². The second-order valence-corrected chi connectivity index (χ2v) is 7.87. The molecule has 2 fully saturated rings. The molecule has 3 nitrogen and oxygen atoms in total. The molecule has 1 aromatic carbocycles. The Morgan fingerprint density at radius 1 is 1.19 bits per heavy atom. The number of rotatable bonds is 7. The zero-order chi connectivity index (χ0) is 18.1. The number of benzene rings is 1. The van der Waals surface area contributed by atoms with Crippen molar-refractivity contribution in [1.82, 2.24) is 9.78 Å². The summed E-state index contributed by atoms with van der Waals surface area (Å²) in [5, 5.41) is 4.72. The van der Waals surface area contributed by atoms with Crippen LogP contribution in [0, 0.1) is 29.4 Å². The van der Waals surface area contributed by atoms with Crippen molar-refractivity contribution in [3.8, 4) is 5.88 Å². The normalized spacial score (nSPS) is 23.4. The van der Waals surface area contributed by atoms with Gasteiger partial charge in [-0.05, 0) is 61.6 Å². The van der Waals surface area contributed by atoms with E-state index in [4.69, 9.17) is 9.84 Å². The first-order valence-electron chi connectivity index (χ1n) is 9.75. The number of nitrogens with zero attached hydrogens (tertiary/aromatic N) is 2. The van der Waals surface area contributed by atoms with Crippen molar-refractivity contribution in [3.63, 3.8) is 0 Å². The summed E-state index contributed by atoms with van der Waals surface area (Å²) in [4.78, 5) is 0. The van der Waals surface area contributed by atoms with E-state index >= 15 is 0 Å². The third-order valence-corrected chi connectivity index (χ3v) is 5.98. The molecule has 0 radical (unpaired) electrons. The lowest BCUT2D eigenvalue weighted by atomic mass is 9.89. The molecule has 0 spiro atoms. The van der Waals surface area contributed by atoms with Crippen LogP contribution >= 0.6 is 12.4 Å². The average molecular weight is 397 g/mol. The van der Waals surface area contributed by atoms with E-state index in [-0.39, 0.29) is 24.6 Å². The molecule has 148 valence electrons. The van der Waals surface area contributed by atoms with Gasteiger partial charge in [0.15, 0.2) is 0 Å². The molecule has 2 bridgehead atoms. The summed E-state index contributed by atoms with van der Waals surface area (Å²) in [5.74, 6) is 2.14. The van der Waals surface area contributed by atoms with Crippen LogP contribution in [0.3, 0.4) is 0 Å². The number of fused-ring (bicyclic) bond motifs is 2.